The summed E-state index contributed by atoms with van der Waals surface area (Å²) in [6.07, 6.45) is 3.50. The molecular formula is C19H19NO5. The van der Waals surface area contributed by atoms with Crippen LogP contribution in [0.25, 0.3) is 0 Å². The molecular weight excluding hydrogens is 322 g/mol. The third-order valence-corrected chi connectivity index (χ3v) is 4.21. The van der Waals surface area contributed by atoms with Crippen molar-refractivity contribution in [3.05, 3.63) is 53.5 Å². The molecule has 25 heavy (non-hydrogen) atoms. The maximum absolute atomic E-state index is 12.3. The molecule has 0 bridgehead atoms. The van der Waals surface area contributed by atoms with Crippen LogP contribution in [-0.2, 0) is 9.53 Å². The number of carbonyl (C=O) groups excluding carboxylic acids is 3. The second-order valence-corrected chi connectivity index (χ2v) is 6.07. The van der Waals surface area contributed by atoms with Gasteiger partial charge in [-0.3, -0.25) is 9.59 Å². The Bertz CT molecular complexity index is 794. The first-order valence-electron chi connectivity index (χ1n) is 8.24. The summed E-state index contributed by atoms with van der Waals surface area (Å²) in [7, 11) is 0. The zero-order valence-corrected chi connectivity index (χ0v) is 13.9. The molecule has 1 aliphatic carbocycles. The fourth-order valence-electron chi connectivity index (χ4n) is 2.75. The number of Topliss-reactive ketones (excluding diaryl/α,β-unsaturated/α-hetero) is 1. The lowest BCUT2D eigenvalue weighted by molar-refractivity contribution is -0.129. The van der Waals surface area contributed by atoms with Gasteiger partial charge in [-0.2, -0.15) is 0 Å². The van der Waals surface area contributed by atoms with Crippen LogP contribution in [0, 0.1) is 6.92 Å². The highest BCUT2D eigenvalue weighted by atomic mass is 16.5. The summed E-state index contributed by atoms with van der Waals surface area (Å²) in [5, 5.41) is 2.71. The Morgan fingerprint density at radius 1 is 1.24 bits per heavy atom. The Balaban J connectivity index is 1.73. The van der Waals surface area contributed by atoms with Crippen LogP contribution in [0.15, 0.2) is 41.0 Å². The van der Waals surface area contributed by atoms with E-state index in [1.165, 1.54) is 6.26 Å². The first kappa shape index (κ1) is 17.0. The number of ketones is 1. The standard InChI is InChI=1S/C19H19NO5/c1-12-8-9-13(19(23)25-16-6-3-2-5-15(16)21)11-14(12)20-18(22)17-7-4-10-24-17/h4,7-11,16H,2-3,5-6H2,1H3,(H,20,22)/t16-/m1/s1. The molecule has 1 aromatic carbocycles. The van der Waals surface area contributed by atoms with Crippen LogP contribution in [0.4, 0.5) is 5.69 Å². The number of nitrogens with one attached hydrogen (secondary N) is 1. The first-order valence-corrected chi connectivity index (χ1v) is 8.24. The van der Waals surface area contributed by atoms with Gasteiger partial charge in [0.25, 0.3) is 5.91 Å². The fraction of sp³-hybridized carbons (Fsp3) is 0.316. The maximum atomic E-state index is 12.3. The lowest BCUT2D eigenvalue weighted by Crippen LogP contribution is -2.30. The lowest BCUT2D eigenvalue weighted by Gasteiger charge is -2.20. The van der Waals surface area contributed by atoms with Gasteiger partial charge in [0.2, 0.25) is 0 Å². The van der Waals surface area contributed by atoms with Crippen LogP contribution in [-0.4, -0.2) is 23.8 Å². The number of esters is 1. The third kappa shape index (κ3) is 3.96. The van der Waals surface area contributed by atoms with E-state index in [0.29, 0.717) is 24.1 Å². The van der Waals surface area contributed by atoms with E-state index < -0.39 is 18.0 Å². The van der Waals surface area contributed by atoms with Crippen LogP contribution in [0.1, 0.15) is 52.2 Å². The van der Waals surface area contributed by atoms with Gasteiger partial charge in [-0.15, -0.1) is 0 Å². The molecule has 1 amide bonds. The van der Waals surface area contributed by atoms with Crippen LogP contribution in [0.5, 0.6) is 0 Å². The molecule has 0 aliphatic heterocycles. The molecule has 2 aromatic rings. The summed E-state index contributed by atoms with van der Waals surface area (Å²) in [5.74, 6) is -0.812. The van der Waals surface area contributed by atoms with Crippen LogP contribution in [0.3, 0.4) is 0 Å². The number of hydrogen-bond acceptors (Lipinski definition) is 5. The molecule has 1 N–H and O–H groups in total. The van der Waals surface area contributed by atoms with Crippen LogP contribution in [0.2, 0.25) is 0 Å². The van der Waals surface area contributed by atoms with Crippen molar-refractivity contribution in [1.82, 2.24) is 0 Å². The van der Waals surface area contributed by atoms with Crippen LogP contribution < -0.4 is 5.32 Å². The van der Waals surface area contributed by atoms with Gasteiger partial charge < -0.3 is 14.5 Å². The molecule has 6 nitrogen and oxygen atoms in total. The van der Waals surface area contributed by atoms with Crippen molar-refractivity contribution in [2.75, 3.05) is 5.32 Å². The van der Waals surface area contributed by atoms with Crippen molar-refractivity contribution in [3.8, 4) is 0 Å². The molecule has 0 radical (unpaired) electrons. The zero-order valence-electron chi connectivity index (χ0n) is 13.9. The maximum Gasteiger partial charge on any atom is 0.338 e. The summed E-state index contributed by atoms with van der Waals surface area (Å²) in [5.41, 5.74) is 1.58. The topological polar surface area (TPSA) is 85.6 Å². The molecule has 1 fully saturated rings. The zero-order chi connectivity index (χ0) is 17.8. The molecule has 1 heterocycles. The highest BCUT2D eigenvalue weighted by Gasteiger charge is 2.26. The number of carbonyl (C=O) groups is 3. The van der Waals surface area contributed by atoms with Gasteiger partial charge in [0.1, 0.15) is 0 Å². The SMILES string of the molecule is Cc1ccc(C(=O)O[C@@H]2CCCCC2=O)cc1NC(=O)c1ccco1. The van der Waals surface area contributed by atoms with E-state index in [-0.39, 0.29) is 11.5 Å². The van der Waals surface area contributed by atoms with E-state index in [9.17, 15) is 14.4 Å². The minimum absolute atomic E-state index is 0.0296. The van der Waals surface area contributed by atoms with Crippen molar-refractivity contribution in [1.29, 1.82) is 0 Å². The number of rotatable bonds is 4. The predicted octanol–water partition coefficient (Wildman–Crippen LogP) is 3.51. The van der Waals surface area contributed by atoms with Gasteiger partial charge in [-0.05, 0) is 56.0 Å². The Hall–Kier alpha value is -2.89. The van der Waals surface area contributed by atoms with E-state index in [0.717, 1.165) is 18.4 Å². The van der Waals surface area contributed by atoms with Crippen molar-refractivity contribution < 1.29 is 23.5 Å². The van der Waals surface area contributed by atoms with Gasteiger partial charge >= 0.3 is 5.97 Å². The molecule has 1 aliphatic rings. The average Bonchev–Trinajstić information content (AvgIpc) is 3.13. The number of ether oxygens (including phenoxy) is 1. The van der Waals surface area contributed by atoms with Gasteiger partial charge in [-0.1, -0.05) is 6.07 Å². The minimum Gasteiger partial charge on any atom is -0.459 e. The summed E-state index contributed by atoms with van der Waals surface area (Å²) >= 11 is 0. The summed E-state index contributed by atoms with van der Waals surface area (Å²) in [6.45, 7) is 1.82. The fourth-order valence-corrected chi connectivity index (χ4v) is 2.75. The monoisotopic (exact) mass is 341 g/mol. The molecule has 0 spiro atoms. The number of amides is 1. The molecule has 3 rings (SSSR count). The highest BCUT2D eigenvalue weighted by molar-refractivity contribution is 6.03. The molecule has 1 saturated carbocycles. The van der Waals surface area contributed by atoms with Crippen molar-refractivity contribution in [2.24, 2.45) is 0 Å². The summed E-state index contributed by atoms with van der Waals surface area (Å²) in [4.78, 5) is 36.2. The molecule has 1 aromatic heterocycles. The van der Waals surface area contributed by atoms with E-state index >= 15 is 0 Å². The number of anilines is 1. The smallest absolute Gasteiger partial charge is 0.338 e. The Morgan fingerprint density at radius 3 is 2.80 bits per heavy atom. The highest BCUT2D eigenvalue weighted by Crippen LogP contribution is 2.22. The van der Waals surface area contributed by atoms with E-state index in [1.807, 2.05) is 6.92 Å². The second-order valence-electron chi connectivity index (χ2n) is 6.07. The second kappa shape index (κ2) is 7.34. The Labute approximate surface area is 145 Å². The van der Waals surface area contributed by atoms with Gasteiger partial charge in [0, 0.05) is 12.1 Å². The molecule has 1 atom stereocenters. The molecule has 130 valence electrons. The Morgan fingerprint density at radius 2 is 2.08 bits per heavy atom. The van der Waals surface area contributed by atoms with Crippen molar-refractivity contribution in [3.63, 3.8) is 0 Å². The Kier molecular flexibility index (Phi) is 4.97. The quantitative estimate of drug-likeness (QED) is 0.860. The normalized spacial score (nSPS) is 17.2. The number of hydrogen-bond donors (Lipinski definition) is 1. The summed E-state index contributed by atoms with van der Waals surface area (Å²) < 4.78 is 10.4. The van der Waals surface area contributed by atoms with Gasteiger partial charge in [0.05, 0.1) is 11.8 Å². The van der Waals surface area contributed by atoms with E-state index in [4.69, 9.17) is 9.15 Å². The first-order chi connectivity index (χ1) is 12.0. The predicted molar refractivity (Wildman–Crippen MR) is 90.5 cm³/mol. The number of aryl methyl sites for hydroxylation is 1. The largest absolute Gasteiger partial charge is 0.459 e. The van der Waals surface area contributed by atoms with E-state index in [2.05, 4.69) is 5.32 Å². The van der Waals surface area contributed by atoms with E-state index in [1.54, 1.807) is 30.3 Å². The molecule has 6 heteroatoms. The van der Waals surface area contributed by atoms with Gasteiger partial charge in [-0.25, -0.2) is 4.79 Å². The average molecular weight is 341 g/mol. The summed E-state index contributed by atoms with van der Waals surface area (Å²) in [6, 6.07) is 8.06. The third-order valence-electron chi connectivity index (χ3n) is 4.21. The number of benzene rings is 1. The minimum atomic E-state index is -0.663. The van der Waals surface area contributed by atoms with Crippen molar-refractivity contribution >= 4 is 23.3 Å². The van der Waals surface area contributed by atoms with Crippen molar-refractivity contribution in [2.45, 2.75) is 38.7 Å². The van der Waals surface area contributed by atoms with Crippen LogP contribution >= 0.6 is 0 Å². The molecule has 0 unspecified atom stereocenters. The number of furan rings is 1. The lowest BCUT2D eigenvalue weighted by atomic mass is 9.96. The molecule has 0 saturated heterocycles. The van der Waals surface area contributed by atoms with Gasteiger partial charge in [0.15, 0.2) is 17.6 Å².